The van der Waals surface area contributed by atoms with Crippen molar-refractivity contribution in [3.8, 4) is 0 Å². The molecule has 3 heteroatoms. The Labute approximate surface area is 105 Å². The molecule has 0 saturated heterocycles. The van der Waals surface area contributed by atoms with Crippen molar-refractivity contribution < 1.29 is 9.90 Å². The van der Waals surface area contributed by atoms with Crippen LogP contribution in [0.4, 0.5) is 0 Å². The van der Waals surface area contributed by atoms with Gasteiger partial charge in [-0.15, -0.1) is 0 Å². The molecule has 0 aliphatic carbocycles. The summed E-state index contributed by atoms with van der Waals surface area (Å²) in [7, 11) is 0. The van der Waals surface area contributed by atoms with Gasteiger partial charge >= 0.3 is 0 Å². The van der Waals surface area contributed by atoms with Gasteiger partial charge in [-0.25, -0.2) is 0 Å². The smallest absolute Gasteiger partial charge is 0.243 e. The van der Waals surface area contributed by atoms with Crippen LogP contribution in [0.3, 0.4) is 0 Å². The third-order valence-corrected chi connectivity index (χ3v) is 2.57. The van der Waals surface area contributed by atoms with Gasteiger partial charge in [-0.1, -0.05) is 45.1 Å². The molecular weight excluding hydrogens is 214 g/mol. The van der Waals surface area contributed by atoms with Gasteiger partial charge in [-0.3, -0.25) is 4.79 Å². The van der Waals surface area contributed by atoms with Gasteiger partial charge in [0.25, 0.3) is 0 Å². The molecule has 17 heavy (non-hydrogen) atoms. The van der Waals surface area contributed by atoms with Gasteiger partial charge in [0.05, 0.1) is 6.10 Å². The van der Waals surface area contributed by atoms with Crippen LogP contribution in [0.2, 0.25) is 0 Å². The minimum absolute atomic E-state index is 0.114. The first-order chi connectivity index (χ1) is 8.16. The van der Waals surface area contributed by atoms with E-state index in [0.717, 1.165) is 12.8 Å². The summed E-state index contributed by atoms with van der Waals surface area (Å²) in [6, 6.07) is 0. The fourth-order valence-electron chi connectivity index (χ4n) is 1.54. The van der Waals surface area contributed by atoms with Crippen LogP contribution in [0.5, 0.6) is 0 Å². The van der Waals surface area contributed by atoms with Crippen molar-refractivity contribution >= 4 is 5.91 Å². The standard InChI is InChI=1S/C14H27NO2/c1-3-4-5-6-7-8-9-10-11-14(17)15-12-13(2)16/h10-11,13,16H,3-9,12H2,1-2H3,(H,15,17). The average Bonchev–Trinajstić information content (AvgIpc) is 2.30. The van der Waals surface area contributed by atoms with E-state index in [-0.39, 0.29) is 5.91 Å². The minimum atomic E-state index is -0.481. The maximum atomic E-state index is 11.2. The summed E-state index contributed by atoms with van der Waals surface area (Å²) in [5.41, 5.74) is 0. The lowest BCUT2D eigenvalue weighted by molar-refractivity contribution is -0.116. The molecule has 1 amide bonds. The van der Waals surface area contributed by atoms with Gasteiger partial charge in [-0.2, -0.15) is 0 Å². The van der Waals surface area contributed by atoms with Crippen molar-refractivity contribution in [3.63, 3.8) is 0 Å². The van der Waals surface area contributed by atoms with Gasteiger partial charge in [0.2, 0.25) is 5.91 Å². The quantitative estimate of drug-likeness (QED) is 0.456. The highest BCUT2D eigenvalue weighted by Gasteiger charge is 1.97. The summed E-state index contributed by atoms with van der Waals surface area (Å²) in [6.07, 6.45) is 11.6. The van der Waals surface area contributed by atoms with Crippen molar-refractivity contribution in [1.29, 1.82) is 0 Å². The van der Waals surface area contributed by atoms with Crippen LogP contribution in [0.15, 0.2) is 12.2 Å². The fourth-order valence-corrected chi connectivity index (χ4v) is 1.54. The number of allylic oxidation sites excluding steroid dienone is 1. The average molecular weight is 241 g/mol. The highest BCUT2D eigenvalue weighted by atomic mass is 16.3. The number of nitrogens with one attached hydrogen (secondary N) is 1. The Bertz CT molecular complexity index is 212. The molecular formula is C14H27NO2. The Balaban J connectivity index is 3.32. The van der Waals surface area contributed by atoms with Gasteiger partial charge in [0.1, 0.15) is 0 Å². The number of carbonyl (C=O) groups excluding carboxylic acids is 1. The van der Waals surface area contributed by atoms with Gasteiger partial charge in [0, 0.05) is 6.54 Å². The summed E-state index contributed by atoms with van der Waals surface area (Å²) >= 11 is 0. The number of aliphatic hydroxyl groups excluding tert-OH is 1. The Morgan fingerprint density at radius 1 is 1.24 bits per heavy atom. The maximum absolute atomic E-state index is 11.2. The second-order valence-electron chi connectivity index (χ2n) is 4.55. The van der Waals surface area contributed by atoms with E-state index >= 15 is 0 Å². The minimum Gasteiger partial charge on any atom is -0.392 e. The molecule has 1 atom stereocenters. The molecule has 1 unspecified atom stereocenters. The van der Waals surface area contributed by atoms with Crippen molar-refractivity contribution in [2.75, 3.05) is 6.54 Å². The van der Waals surface area contributed by atoms with E-state index in [4.69, 9.17) is 5.11 Å². The number of carbonyl (C=O) groups is 1. The zero-order valence-corrected chi connectivity index (χ0v) is 11.2. The molecule has 0 heterocycles. The first kappa shape index (κ1) is 16.2. The largest absolute Gasteiger partial charge is 0.392 e. The number of unbranched alkanes of at least 4 members (excludes halogenated alkanes) is 6. The first-order valence-corrected chi connectivity index (χ1v) is 6.79. The molecule has 0 bridgehead atoms. The van der Waals surface area contributed by atoms with Crippen LogP contribution in [-0.2, 0) is 4.79 Å². The first-order valence-electron chi connectivity index (χ1n) is 6.79. The Morgan fingerprint density at radius 2 is 1.88 bits per heavy atom. The lowest BCUT2D eigenvalue weighted by Gasteiger charge is -2.03. The van der Waals surface area contributed by atoms with Crippen LogP contribution < -0.4 is 5.32 Å². The predicted octanol–water partition coefficient (Wildman–Crippen LogP) is 2.79. The molecule has 0 fully saturated rings. The molecule has 2 N–H and O–H groups in total. The van der Waals surface area contributed by atoms with Crippen LogP contribution in [0.25, 0.3) is 0 Å². The van der Waals surface area contributed by atoms with E-state index in [0.29, 0.717) is 6.54 Å². The lowest BCUT2D eigenvalue weighted by atomic mass is 10.1. The van der Waals surface area contributed by atoms with Crippen molar-refractivity contribution in [2.24, 2.45) is 0 Å². The third-order valence-electron chi connectivity index (χ3n) is 2.57. The third kappa shape index (κ3) is 13.1. The SMILES string of the molecule is CCCCCCCCC=CC(=O)NCC(C)O. The Morgan fingerprint density at radius 3 is 2.53 bits per heavy atom. The molecule has 0 spiro atoms. The monoisotopic (exact) mass is 241 g/mol. The van der Waals surface area contributed by atoms with Crippen molar-refractivity contribution in [1.82, 2.24) is 5.32 Å². The van der Waals surface area contributed by atoms with E-state index in [9.17, 15) is 4.79 Å². The highest BCUT2D eigenvalue weighted by molar-refractivity contribution is 5.87. The molecule has 0 aromatic heterocycles. The molecule has 0 aliphatic heterocycles. The summed E-state index contributed by atoms with van der Waals surface area (Å²) in [5.74, 6) is -0.114. The fraction of sp³-hybridized carbons (Fsp3) is 0.786. The number of aliphatic hydroxyl groups is 1. The number of amides is 1. The number of rotatable bonds is 10. The van der Waals surface area contributed by atoms with E-state index in [1.807, 2.05) is 6.08 Å². The van der Waals surface area contributed by atoms with Gasteiger partial charge in [0.15, 0.2) is 0 Å². The van der Waals surface area contributed by atoms with E-state index in [1.54, 1.807) is 13.0 Å². The predicted molar refractivity (Wildman–Crippen MR) is 71.8 cm³/mol. The molecule has 100 valence electrons. The summed E-state index contributed by atoms with van der Waals surface area (Å²) < 4.78 is 0. The lowest BCUT2D eigenvalue weighted by Crippen LogP contribution is -2.28. The number of hydrogen-bond donors (Lipinski definition) is 2. The molecule has 0 saturated carbocycles. The molecule has 0 aliphatic rings. The Hall–Kier alpha value is -0.830. The van der Waals surface area contributed by atoms with E-state index < -0.39 is 6.10 Å². The molecule has 0 aromatic carbocycles. The molecule has 0 aromatic rings. The van der Waals surface area contributed by atoms with Crippen LogP contribution in [-0.4, -0.2) is 23.7 Å². The second-order valence-corrected chi connectivity index (χ2v) is 4.55. The zero-order chi connectivity index (χ0) is 12.9. The Kier molecular flexibility index (Phi) is 11.1. The van der Waals surface area contributed by atoms with Gasteiger partial charge < -0.3 is 10.4 Å². The van der Waals surface area contributed by atoms with E-state index in [1.165, 1.54) is 32.1 Å². The van der Waals surface area contributed by atoms with Crippen LogP contribution >= 0.6 is 0 Å². The molecule has 0 radical (unpaired) electrons. The summed E-state index contributed by atoms with van der Waals surface area (Å²) in [4.78, 5) is 11.2. The highest BCUT2D eigenvalue weighted by Crippen LogP contribution is 2.06. The topological polar surface area (TPSA) is 49.3 Å². The zero-order valence-electron chi connectivity index (χ0n) is 11.2. The van der Waals surface area contributed by atoms with Crippen molar-refractivity contribution in [3.05, 3.63) is 12.2 Å². The summed E-state index contributed by atoms with van der Waals surface area (Å²) in [5, 5.41) is 11.6. The van der Waals surface area contributed by atoms with Crippen LogP contribution in [0.1, 0.15) is 58.8 Å². The normalized spacial score (nSPS) is 12.9. The number of hydrogen-bond acceptors (Lipinski definition) is 2. The molecule has 0 rings (SSSR count). The molecule has 3 nitrogen and oxygen atoms in total. The van der Waals surface area contributed by atoms with Gasteiger partial charge in [-0.05, 0) is 25.8 Å². The van der Waals surface area contributed by atoms with E-state index in [2.05, 4.69) is 12.2 Å². The maximum Gasteiger partial charge on any atom is 0.243 e. The van der Waals surface area contributed by atoms with Crippen molar-refractivity contribution in [2.45, 2.75) is 64.9 Å². The summed E-state index contributed by atoms with van der Waals surface area (Å²) in [6.45, 7) is 4.19. The van der Waals surface area contributed by atoms with Crippen LogP contribution in [0, 0.1) is 0 Å². The second kappa shape index (κ2) is 11.6.